The van der Waals surface area contributed by atoms with E-state index in [1.807, 2.05) is 18.2 Å². The lowest BCUT2D eigenvalue weighted by Crippen LogP contribution is -2.53. The van der Waals surface area contributed by atoms with Crippen molar-refractivity contribution in [3.8, 4) is 5.75 Å². The molecule has 2 bridgehead atoms. The minimum Gasteiger partial charge on any atom is -0.490 e. The molecule has 0 aromatic heterocycles. The van der Waals surface area contributed by atoms with Crippen LogP contribution in [0, 0.1) is 11.8 Å². The van der Waals surface area contributed by atoms with Crippen LogP contribution < -0.4 is 19.7 Å². The van der Waals surface area contributed by atoms with Gasteiger partial charge in [-0.1, -0.05) is 29.8 Å². The standard InChI is InChI=1S/C33H37ClF3N3O6S/c1-31(2)29(41)39-47(43,44)23-9-12-28-27(16-23)40(18-32(19-45-28)13-3-5-20-15-22(34)8-11-25(20)32)17-21-7-10-24(21)26(6-4-14-46-31)38-30(42)33(35,36)37/h4,6,8-9,11-12,15-16,21,24,26H,3,5,7,10,13-14,17-19H2,1-2H3,(H,38,42)(H,39,41)/b6-4+/t21-,24+,26-,32-/m0/s1. The van der Waals surface area contributed by atoms with Gasteiger partial charge in [-0.05, 0) is 99.2 Å². The number of benzene rings is 2. The van der Waals surface area contributed by atoms with Gasteiger partial charge in [-0.15, -0.1) is 0 Å². The Labute approximate surface area is 276 Å². The topological polar surface area (TPSA) is 114 Å². The van der Waals surface area contributed by atoms with E-state index in [2.05, 4.69) is 14.9 Å². The molecule has 4 aliphatic rings. The molecule has 1 saturated carbocycles. The summed E-state index contributed by atoms with van der Waals surface area (Å²) in [6, 6.07) is 9.31. The fourth-order valence-electron chi connectivity index (χ4n) is 7.20. The molecule has 2 aliphatic heterocycles. The first-order valence-electron chi connectivity index (χ1n) is 15.6. The number of nitrogens with zero attached hydrogens (tertiary/aromatic N) is 1. The quantitative estimate of drug-likeness (QED) is 0.402. The Balaban J connectivity index is 1.44. The van der Waals surface area contributed by atoms with Crippen LogP contribution in [0.5, 0.6) is 5.75 Å². The van der Waals surface area contributed by atoms with E-state index in [4.69, 9.17) is 21.1 Å². The first-order valence-corrected chi connectivity index (χ1v) is 17.5. The number of amides is 2. The van der Waals surface area contributed by atoms with Crippen molar-refractivity contribution in [2.45, 2.75) is 74.1 Å². The van der Waals surface area contributed by atoms with Gasteiger partial charge in [0, 0.05) is 23.5 Å². The van der Waals surface area contributed by atoms with Crippen molar-refractivity contribution in [1.29, 1.82) is 0 Å². The Kier molecular flexibility index (Phi) is 8.80. The van der Waals surface area contributed by atoms with Crippen LogP contribution in [0.4, 0.5) is 18.9 Å². The summed E-state index contributed by atoms with van der Waals surface area (Å²) in [6.07, 6.45) is 1.65. The molecule has 0 radical (unpaired) electrons. The number of fused-ring (bicyclic) bond motifs is 4. The summed E-state index contributed by atoms with van der Waals surface area (Å²) in [7, 11) is -4.32. The normalized spacial score (nSPS) is 29.2. The molecule has 4 atom stereocenters. The maximum Gasteiger partial charge on any atom is 0.471 e. The predicted octanol–water partition coefficient (Wildman–Crippen LogP) is 5.06. The molecule has 254 valence electrons. The molecule has 0 saturated heterocycles. The van der Waals surface area contributed by atoms with Gasteiger partial charge in [0.2, 0.25) is 0 Å². The molecule has 2 aromatic carbocycles. The Morgan fingerprint density at radius 1 is 1.15 bits per heavy atom. The number of hydrogen-bond acceptors (Lipinski definition) is 7. The van der Waals surface area contributed by atoms with Crippen LogP contribution in [-0.4, -0.2) is 64.4 Å². The van der Waals surface area contributed by atoms with Crippen molar-refractivity contribution in [3.05, 3.63) is 64.7 Å². The van der Waals surface area contributed by atoms with E-state index in [9.17, 15) is 31.2 Å². The summed E-state index contributed by atoms with van der Waals surface area (Å²) in [5, 5.41) is 2.79. The number of halogens is 4. The number of hydrogen-bond donors (Lipinski definition) is 2. The number of carbonyl (C=O) groups excluding carboxylic acids is 2. The number of rotatable bonds is 1. The minimum atomic E-state index is -5.06. The second-order valence-corrected chi connectivity index (χ2v) is 15.5. The first-order chi connectivity index (χ1) is 22.1. The fourth-order valence-corrected chi connectivity index (χ4v) is 8.51. The third kappa shape index (κ3) is 6.71. The Morgan fingerprint density at radius 2 is 1.94 bits per heavy atom. The van der Waals surface area contributed by atoms with Crippen molar-refractivity contribution >= 4 is 39.1 Å². The van der Waals surface area contributed by atoms with Gasteiger partial charge >= 0.3 is 12.1 Å². The number of carbonyl (C=O) groups is 2. The second-order valence-electron chi connectivity index (χ2n) is 13.4. The molecule has 2 aromatic rings. The molecule has 2 amide bonds. The van der Waals surface area contributed by atoms with Gasteiger partial charge in [0.25, 0.3) is 15.9 Å². The molecule has 2 aliphatic carbocycles. The molecule has 0 unspecified atom stereocenters. The summed E-state index contributed by atoms with van der Waals surface area (Å²) in [5.74, 6) is -2.98. The van der Waals surface area contributed by atoms with Crippen LogP contribution in [0.25, 0.3) is 0 Å². The minimum absolute atomic E-state index is 0.139. The van der Waals surface area contributed by atoms with Crippen molar-refractivity contribution in [2.24, 2.45) is 11.8 Å². The lowest BCUT2D eigenvalue weighted by molar-refractivity contribution is -0.174. The van der Waals surface area contributed by atoms with Crippen LogP contribution >= 0.6 is 11.6 Å². The van der Waals surface area contributed by atoms with Gasteiger partial charge in [0.05, 0.1) is 29.8 Å². The molecule has 1 fully saturated rings. The number of alkyl halides is 3. The average molecular weight is 696 g/mol. The average Bonchev–Trinajstić information content (AvgIpc) is 3.13. The largest absolute Gasteiger partial charge is 0.490 e. The number of ether oxygens (including phenoxy) is 2. The maximum atomic E-state index is 13.5. The smallest absolute Gasteiger partial charge is 0.471 e. The Bertz CT molecular complexity index is 1720. The van der Waals surface area contributed by atoms with Gasteiger partial charge in [0.15, 0.2) is 0 Å². The number of nitrogens with one attached hydrogen (secondary N) is 2. The molecule has 9 nitrogen and oxygen atoms in total. The monoisotopic (exact) mass is 695 g/mol. The van der Waals surface area contributed by atoms with Gasteiger partial charge in [-0.2, -0.15) is 13.2 Å². The number of sulfonamides is 1. The van der Waals surface area contributed by atoms with Crippen LogP contribution in [0.3, 0.4) is 0 Å². The third-order valence-electron chi connectivity index (χ3n) is 9.92. The Hall–Kier alpha value is -3.29. The van der Waals surface area contributed by atoms with Crippen molar-refractivity contribution < 1.29 is 40.7 Å². The summed E-state index contributed by atoms with van der Waals surface area (Å²) in [4.78, 5) is 27.1. The van der Waals surface area contributed by atoms with E-state index in [1.165, 1.54) is 38.1 Å². The van der Waals surface area contributed by atoms with Gasteiger partial charge in [-0.3, -0.25) is 9.59 Å². The summed E-state index contributed by atoms with van der Waals surface area (Å²) < 4.78 is 81.3. The van der Waals surface area contributed by atoms with E-state index in [0.29, 0.717) is 49.0 Å². The zero-order valence-electron chi connectivity index (χ0n) is 26.0. The fraction of sp³-hybridized carbons (Fsp3) is 0.515. The highest BCUT2D eigenvalue weighted by molar-refractivity contribution is 7.90. The highest BCUT2D eigenvalue weighted by Gasteiger charge is 2.46. The molecule has 2 N–H and O–H groups in total. The van der Waals surface area contributed by atoms with E-state index >= 15 is 0 Å². The van der Waals surface area contributed by atoms with Gasteiger partial charge in [0.1, 0.15) is 11.4 Å². The lowest BCUT2D eigenvalue weighted by atomic mass is 9.68. The van der Waals surface area contributed by atoms with E-state index < -0.39 is 45.1 Å². The van der Waals surface area contributed by atoms with E-state index in [-0.39, 0.29) is 23.3 Å². The van der Waals surface area contributed by atoms with Crippen LogP contribution in [0.1, 0.15) is 50.7 Å². The zero-order chi connectivity index (χ0) is 33.8. The maximum absolute atomic E-state index is 13.5. The number of anilines is 1. The van der Waals surface area contributed by atoms with Gasteiger partial charge in [-0.25, -0.2) is 13.1 Å². The highest BCUT2D eigenvalue weighted by Crippen LogP contribution is 2.47. The molecular weight excluding hydrogens is 659 g/mol. The van der Waals surface area contributed by atoms with Crippen LogP contribution in [0.2, 0.25) is 5.02 Å². The van der Waals surface area contributed by atoms with Gasteiger partial charge < -0.3 is 19.7 Å². The molecule has 1 spiro atoms. The van der Waals surface area contributed by atoms with E-state index in [0.717, 1.165) is 30.4 Å². The third-order valence-corrected chi connectivity index (χ3v) is 11.5. The molecular formula is C33H37ClF3N3O6S. The molecule has 47 heavy (non-hydrogen) atoms. The van der Waals surface area contributed by atoms with Crippen LogP contribution in [-0.2, 0) is 36.2 Å². The second kappa shape index (κ2) is 12.3. The summed E-state index contributed by atoms with van der Waals surface area (Å²) in [6.45, 7) is 3.72. The zero-order valence-corrected chi connectivity index (χ0v) is 27.6. The van der Waals surface area contributed by atoms with E-state index in [1.54, 1.807) is 6.07 Å². The van der Waals surface area contributed by atoms with Crippen molar-refractivity contribution in [2.75, 3.05) is 31.2 Å². The van der Waals surface area contributed by atoms with Crippen molar-refractivity contribution in [1.82, 2.24) is 10.0 Å². The molecule has 14 heteroatoms. The molecule has 2 heterocycles. The summed E-state index contributed by atoms with van der Waals surface area (Å²) in [5.41, 5.74) is 0.625. The highest BCUT2D eigenvalue weighted by atomic mass is 35.5. The lowest BCUT2D eigenvalue weighted by Gasteiger charge is -2.46. The van der Waals surface area contributed by atoms with Crippen LogP contribution in [0.15, 0.2) is 53.4 Å². The summed E-state index contributed by atoms with van der Waals surface area (Å²) >= 11 is 6.35. The Morgan fingerprint density at radius 3 is 2.66 bits per heavy atom. The molecule has 6 rings (SSSR count). The predicted molar refractivity (Wildman–Crippen MR) is 169 cm³/mol. The number of aryl methyl sites for hydroxylation is 1. The van der Waals surface area contributed by atoms with Crippen molar-refractivity contribution in [3.63, 3.8) is 0 Å². The SMILES string of the molecule is CC1(C)OC/C=C/[C@H](NC(=O)C(F)(F)F)[C@@H]2CC[C@H]2CN2C[C@@]3(CCCc4cc(Cl)ccc43)COc3ccc(cc32)S(=O)(=O)NC1=O. The first kappa shape index (κ1) is 33.6.